The van der Waals surface area contributed by atoms with Crippen LogP contribution in [0.2, 0.25) is 0 Å². The van der Waals surface area contributed by atoms with Gasteiger partial charge in [0.2, 0.25) is 0 Å². The van der Waals surface area contributed by atoms with E-state index < -0.39 is 0 Å². The van der Waals surface area contributed by atoms with E-state index in [9.17, 15) is 0 Å². The van der Waals surface area contributed by atoms with Gasteiger partial charge in [0.05, 0.1) is 0 Å². The molecule has 1 aliphatic heterocycles. The lowest BCUT2D eigenvalue weighted by atomic mass is 10.1. The second kappa shape index (κ2) is 6.18. The van der Waals surface area contributed by atoms with Crippen LogP contribution in [0.1, 0.15) is 25.5 Å². The van der Waals surface area contributed by atoms with Gasteiger partial charge in [0.15, 0.2) is 5.82 Å². The number of anilines is 1. The largest absolute Gasteiger partial charge is 0.356 e. The molecule has 5 nitrogen and oxygen atoms in total. The van der Waals surface area contributed by atoms with E-state index in [0.29, 0.717) is 6.04 Å². The molecule has 1 saturated heterocycles. The monoisotopic (exact) mass is 283 g/mol. The Balaban J connectivity index is 1.94. The summed E-state index contributed by atoms with van der Waals surface area (Å²) in [7, 11) is 0. The number of nitrogens with two attached hydrogens (primary N) is 1. The third kappa shape index (κ3) is 3.19. The van der Waals surface area contributed by atoms with E-state index in [1.165, 1.54) is 0 Å². The first-order chi connectivity index (χ1) is 10.3. The van der Waals surface area contributed by atoms with Crippen LogP contribution in [0.15, 0.2) is 30.6 Å². The fourth-order valence-electron chi connectivity index (χ4n) is 2.58. The van der Waals surface area contributed by atoms with Gasteiger partial charge in [-0.3, -0.25) is 4.98 Å². The first-order valence-electron chi connectivity index (χ1n) is 7.55. The van der Waals surface area contributed by atoms with Gasteiger partial charge in [0.1, 0.15) is 5.82 Å². The van der Waals surface area contributed by atoms with Crippen molar-refractivity contribution < 1.29 is 0 Å². The molecule has 0 unspecified atom stereocenters. The van der Waals surface area contributed by atoms with Crippen molar-refractivity contribution in [3.63, 3.8) is 0 Å². The minimum absolute atomic E-state index is 0.327. The summed E-state index contributed by atoms with van der Waals surface area (Å²) in [6, 6.07) is 6.32. The number of piperidine rings is 1. The second-order valence-corrected chi connectivity index (χ2v) is 5.46. The summed E-state index contributed by atoms with van der Waals surface area (Å²) in [5, 5.41) is 0. The van der Waals surface area contributed by atoms with Gasteiger partial charge < -0.3 is 10.6 Å². The maximum absolute atomic E-state index is 5.99. The molecule has 110 valence electrons. The van der Waals surface area contributed by atoms with E-state index >= 15 is 0 Å². The molecule has 2 N–H and O–H groups in total. The van der Waals surface area contributed by atoms with Crippen molar-refractivity contribution in [3.8, 4) is 11.4 Å². The molecule has 3 heterocycles. The quantitative estimate of drug-likeness (QED) is 0.933. The molecule has 0 bridgehead atoms. The molecule has 2 aromatic rings. The summed E-state index contributed by atoms with van der Waals surface area (Å²) in [6.45, 7) is 4.06. The average molecular weight is 283 g/mol. The van der Waals surface area contributed by atoms with Crippen molar-refractivity contribution in [2.45, 2.75) is 32.2 Å². The van der Waals surface area contributed by atoms with Crippen molar-refractivity contribution in [2.24, 2.45) is 5.73 Å². The summed E-state index contributed by atoms with van der Waals surface area (Å²) in [5.41, 5.74) is 8.07. The van der Waals surface area contributed by atoms with Gasteiger partial charge in [-0.2, -0.15) is 0 Å². The van der Waals surface area contributed by atoms with Crippen molar-refractivity contribution >= 4 is 5.82 Å². The number of nitrogens with zero attached hydrogens (tertiary/aromatic N) is 4. The molecular formula is C16H21N5. The molecule has 1 fully saturated rings. The van der Waals surface area contributed by atoms with Crippen LogP contribution in [0.5, 0.6) is 0 Å². The van der Waals surface area contributed by atoms with E-state index in [-0.39, 0.29) is 0 Å². The van der Waals surface area contributed by atoms with E-state index in [2.05, 4.69) is 27.9 Å². The molecular weight excluding hydrogens is 262 g/mol. The topological polar surface area (TPSA) is 67.9 Å². The molecule has 0 atom stereocenters. The number of hydrogen-bond donors (Lipinski definition) is 1. The summed E-state index contributed by atoms with van der Waals surface area (Å²) < 4.78 is 0. The van der Waals surface area contributed by atoms with Gasteiger partial charge in [-0.1, -0.05) is 6.92 Å². The summed E-state index contributed by atoms with van der Waals surface area (Å²) in [5.74, 6) is 1.79. The van der Waals surface area contributed by atoms with Gasteiger partial charge in [-0.25, -0.2) is 9.97 Å². The van der Waals surface area contributed by atoms with Gasteiger partial charge in [-0.15, -0.1) is 0 Å². The second-order valence-electron chi connectivity index (χ2n) is 5.46. The van der Waals surface area contributed by atoms with Gasteiger partial charge in [0.25, 0.3) is 0 Å². The Morgan fingerprint density at radius 2 is 1.90 bits per heavy atom. The molecule has 21 heavy (non-hydrogen) atoms. The van der Waals surface area contributed by atoms with E-state index in [4.69, 9.17) is 10.7 Å². The summed E-state index contributed by atoms with van der Waals surface area (Å²) in [6.07, 6.45) is 6.50. The highest BCUT2D eigenvalue weighted by atomic mass is 15.2. The summed E-state index contributed by atoms with van der Waals surface area (Å²) >= 11 is 0. The molecule has 3 rings (SSSR count). The normalized spacial score (nSPS) is 16.2. The lowest BCUT2D eigenvalue weighted by Crippen LogP contribution is -2.40. The first kappa shape index (κ1) is 13.9. The predicted molar refractivity (Wildman–Crippen MR) is 84.1 cm³/mol. The third-order valence-corrected chi connectivity index (χ3v) is 3.93. The Labute approximate surface area is 125 Å². The lowest BCUT2D eigenvalue weighted by molar-refractivity contribution is 0.498. The third-order valence-electron chi connectivity index (χ3n) is 3.93. The molecule has 2 aromatic heterocycles. The number of hydrogen-bond acceptors (Lipinski definition) is 5. The molecule has 0 aliphatic carbocycles. The maximum Gasteiger partial charge on any atom is 0.161 e. The highest BCUT2D eigenvalue weighted by Crippen LogP contribution is 2.22. The van der Waals surface area contributed by atoms with Crippen LogP contribution < -0.4 is 10.6 Å². The highest BCUT2D eigenvalue weighted by Gasteiger charge is 2.18. The Hall–Kier alpha value is -2.01. The fourth-order valence-corrected chi connectivity index (χ4v) is 2.58. The van der Waals surface area contributed by atoms with Crippen molar-refractivity contribution in [1.29, 1.82) is 0 Å². The van der Waals surface area contributed by atoms with Crippen LogP contribution in [-0.4, -0.2) is 34.1 Å². The first-order valence-corrected chi connectivity index (χ1v) is 7.55. The Kier molecular flexibility index (Phi) is 4.10. The predicted octanol–water partition coefficient (Wildman–Crippen LogP) is 2.03. The molecule has 5 heteroatoms. The van der Waals surface area contributed by atoms with Crippen LogP contribution in [0, 0.1) is 0 Å². The van der Waals surface area contributed by atoms with Gasteiger partial charge in [0, 0.05) is 48.8 Å². The lowest BCUT2D eigenvalue weighted by Gasteiger charge is -2.31. The SMILES string of the molecule is CCc1cc(N2CCC(N)CC2)nc(-c2ccncc2)n1. The van der Waals surface area contributed by atoms with E-state index in [0.717, 1.165) is 55.3 Å². The smallest absolute Gasteiger partial charge is 0.161 e. The minimum Gasteiger partial charge on any atom is -0.356 e. The number of rotatable bonds is 3. The summed E-state index contributed by atoms with van der Waals surface area (Å²) in [4.78, 5) is 15.8. The van der Waals surface area contributed by atoms with Crippen LogP contribution in [0.4, 0.5) is 5.82 Å². The molecule has 0 spiro atoms. The van der Waals surface area contributed by atoms with E-state index in [1.54, 1.807) is 12.4 Å². The van der Waals surface area contributed by atoms with Gasteiger partial charge >= 0.3 is 0 Å². The van der Waals surface area contributed by atoms with Crippen LogP contribution in [-0.2, 0) is 6.42 Å². The zero-order chi connectivity index (χ0) is 14.7. The molecule has 1 aliphatic rings. The molecule has 0 aromatic carbocycles. The standard InChI is InChI=1S/C16H21N5/c1-2-14-11-15(21-9-5-13(17)6-10-21)20-16(19-14)12-3-7-18-8-4-12/h3-4,7-8,11,13H,2,5-6,9-10,17H2,1H3. The van der Waals surface area contributed by atoms with Crippen molar-refractivity contribution in [2.75, 3.05) is 18.0 Å². The minimum atomic E-state index is 0.327. The fraction of sp³-hybridized carbons (Fsp3) is 0.438. The average Bonchev–Trinajstić information content (AvgIpc) is 2.56. The van der Waals surface area contributed by atoms with Crippen LogP contribution in [0.3, 0.4) is 0 Å². The van der Waals surface area contributed by atoms with E-state index in [1.807, 2.05) is 12.1 Å². The molecule has 0 radical (unpaired) electrons. The van der Waals surface area contributed by atoms with Crippen molar-refractivity contribution in [3.05, 3.63) is 36.3 Å². The zero-order valence-corrected chi connectivity index (χ0v) is 12.4. The number of aryl methyl sites for hydroxylation is 1. The molecule has 0 amide bonds. The van der Waals surface area contributed by atoms with Crippen LogP contribution >= 0.6 is 0 Å². The highest BCUT2D eigenvalue weighted by molar-refractivity contribution is 5.57. The number of aromatic nitrogens is 3. The molecule has 0 saturated carbocycles. The van der Waals surface area contributed by atoms with Crippen LogP contribution in [0.25, 0.3) is 11.4 Å². The Bertz CT molecular complexity index is 591. The number of pyridine rings is 1. The Morgan fingerprint density at radius 1 is 1.19 bits per heavy atom. The van der Waals surface area contributed by atoms with Crippen molar-refractivity contribution in [1.82, 2.24) is 15.0 Å². The van der Waals surface area contributed by atoms with Gasteiger partial charge in [-0.05, 0) is 31.4 Å². The maximum atomic E-state index is 5.99. The Morgan fingerprint density at radius 3 is 2.57 bits per heavy atom. The zero-order valence-electron chi connectivity index (χ0n) is 12.4.